The second kappa shape index (κ2) is 3.63. The lowest BCUT2D eigenvalue weighted by Crippen LogP contribution is -2.43. The number of hydrogen-bond acceptors (Lipinski definition) is 3. The second-order valence-electron chi connectivity index (χ2n) is 4.72. The van der Waals surface area contributed by atoms with Crippen LogP contribution >= 0.6 is 0 Å². The molecule has 1 aromatic rings. The van der Waals surface area contributed by atoms with E-state index in [0.717, 1.165) is 29.9 Å². The predicted octanol–water partition coefficient (Wildman–Crippen LogP) is 1.56. The first-order chi connectivity index (χ1) is 7.42. The van der Waals surface area contributed by atoms with Gasteiger partial charge in [-0.05, 0) is 39.7 Å². The molecule has 1 saturated carbocycles. The zero-order chi connectivity index (χ0) is 11.9. The number of nitrogens with two attached hydrogens (primary N) is 1. The number of aryl methyl sites for hydroxylation is 2. The molecule has 3 N–H and O–H groups in total. The first-order valence-corrected chi connectivity index (χ1v) is 5.59. The average Bonchev–Trinajstić information content (AvgIpc) is 2.85. The Morgan fingerprint density at radius 3 is 2.62 bits per heavy atom. The molecule has 1 heterocycles. The third-order valence-electron chi connectivity index (χ3n) is 3.13. The maximum atomic E-state index is 11.8. The Morgan fingerprint density at radius 2 is 2.19 bits per heavy atom. The quantitative estimate of drug-likeness (QED) is 0.815. The summed E-state index contributed by atoms with van der Waals surface area (Å²) in [5, 5.41) is 2.93. The van der Waals surface area contributed by atoms with E-state index in [2.05, 4.69) is 5.32 Å². The van der Waals surface area contributed by atoms with Gasteiger partial charge in [-0.2, -0.15) is 0 Å². The van der Waals surface area contributed by atoms with E-state index >= 15 is 0 Å². The molecule has 0 aliphatic heterocycles. The van der Waals surface area contributed by atoms with Gasteiger partial charge in [-0.25, -0.2) is 0 Å². The fraction of sp³-hybridized carbons (Fsp3) is 0.583. The Balaban J connectivity index is 2.05. The summed E-state index contributed by atoms with van der Waals surface area (Å²) in [6.45, 7) is 5.75. The molecular formula is C12H18N2O2. The van der Waals surface area contributed by atoms with Crippen LogP contribution in [0.4, 0.5) is 0 Å². The molecule has 1 aliphatic carbocycles. The molecule has 88 valence electrons. The highest BCUT2D eigenvalue weighted by atomic mass is 16.3. The molecule has 1 unspecified atom stereocenters. The van der Waals surface area contributed by atoms with Gasteiger partial charge < -0.3 is 15.5 Å². The molecule has 0 spiro atoms. The number of carbonyl (C=O) groups is 1. The van der Waals surface area contributed by atoms with E-state index in [4.69, 9.17) is 10.2 Å². The maximum absolute atomic E-state index is 11.8. The van der Waals surface area contributed by atoms with Crippen LogP contribution in [0.15, 0.2) is 10.5 Å². The number of nitrogens with one attached hydrogen (secondary N) is 1. The third-order valence-corrected chi connectivity index (χ3v) is 3.13. The Morgan fingerprint density at radius 1 is 1.56 bits per heavy atom. The van der Waals surface area contributed by atoms with Crippen molar-refractivity contribution in [2.24, 2.45) is 5.73 Å². The lowest BCUT2D eigenvalue weighted by molar-refractivity contribution is -0.123. The van der Waals surface area contributed by atoms with Gasteiger partial charge in [0.15, 0.2) is 0 Å². The van der Waals surface area contributed by atoms with Crippen LogP contribution in [0, 0.1) is 13.8 Å². The molecule has 0 saturated heterocycles. The summed E-state index contributed by atoms with van der Waals surface area (Å²) in [6.07, 6.45) is 1.57. The second-order valence-corrected chi connectivity index (χ2v) is 4.72. The van der Waals surface area contributed by atoms with E-state index in [0.29, 0.717) is 0 Å². The Labute approximate surface area is 95.2 Å². The van der Waals surface area contributed by atoms with E-state index in [1.807, 2.05) is 26.8 Å². The lowest BCUT2D eigenvalue weighted by Gasteiger charge is -2.16. The zero-order valence-corrected chi connectivity index (χ0v) is 9.96. The molecule has 4 heteroatoms. The number of rotatable bonds is 3. The van der Waals surface area contributed by atoms with Crippen LogP contribution < -0.4 is 11.1 Å². The lowest BCUT2D eigenvalue weighted by atomic mass is 10.1. The fourth-order valence-electron chi connectivity index (χ4n) is 1.86. The standard InChI is InChI=1S/C12H18N2O2/c1-7-6-10(9(3)16-7)8(2)14-11(15)12(13)4-5-12/h6,8H,4-5,13H2,1-3H3,(H,14,15). The van der Waals surface area contributed by atoms with Crippen molar-refractivity contribution in [3.8, 4) is 0 Å². The minimum absolute atomic E-state index is 0.0500. The Bertz CT molecular complexity index is 419. The molecule has 1 aromatic heterocycles. The fourth-order valence-corrected chi connectivity index (χ4v) is 1.86. The molecule has 2 rings (SSSR count). The molecule has 4 nitrogen and oxygen atoms in total. The SMILES string of the molecule is Cc1cc(C(C)NC(=O)C2(N)CC2)c(C)o1. The summed E-state index contributed by atoms with van der Waals surface area (Å²) in [7, 11) is 0. The summed E-state index contributed by atoms with van der Waals surface area (Å²) >= 11 is 0. The van der Waals surface area contributed by atoms with E-state index in [1.54, 1.807) is 0 Å². The average molecular weight is 222 g/mol. The van der Waals surface area contributed by atoms with Crippen molar-refractivity contribution < 1.29 is 9.21 Å². The van der Waals surface area contributed by atoms with Crippen molar-refractivity contribution in [2.45, 2.75) is 45.2 Å². The summed E-state index contributed by atoms with van der Waals surface area (Å²) in [5.41, 5.74) is 6.24. The van der Waals surface area contributed by atoms with Gasteiger partial charge in [0.25, 0.3) is 0 Å². The largest absolute Gasteiger partial charge is 0.466 e. The van der Waals surface area contributed by atoms with Crippen molar-refractivity contribution in [1.82, 2.24) is 5.32 Å². The molecule has 1 fully saturated rings. The highest BCUT2D eigenvalue weighted by molar-refractivity contribution is 5.89. The summed E-state index contributed by atoms with van der Waals surface area (Å²) in [5.74, 6) is 1.66. The Hall–Kier alpha value is -1.29. The van der Waals surface area contributed by atoms with E-state index in [-0.39, 0.29) is 11.9 Å². The van der Waals surface area contributed by atoms with Gasteiger partial charge in [-0.3, -0.25) is 4.79 Å². The molecule has 1 aliphatic rings. The first kappa shape index (κ1) is 11.2. The van der Waals surface area contributed by atoms with Gasteiger partial charge in [0, 0.05) is 5.56 Å². The van der Waals surface area contributed by atoms with E-state index < -0.39 is 5.54 Å². The molecule has 16 heavy (non-hydrogen) atoms. The highest BCUT2D eigenvalue weighted by Gasteiger charge is 2.46. The van der Waals surface area contributed by atoms with Crippen LogP contribution in [0.2, 0.25) is 0 Å². The molecule has 1 amide bonds. The normalized spacial score (nSPS) is 19.2. The predicted molar refractivity (Wildman–Crippen MR) is 60.9 cm³/mol. The summed E-state index contributed by atoms with van der Waals surface area (Å²) < 4.78 is 5.44. The highest BCUT2D eigenvalue weighted by Crippen LogP contribution is 2.33. The minimum atomic E-state index is -0.610. The minimum Gasteiger partial charge on any atom is -0.466 e. The van der Waals surface area contributed by atoms with E-state index in [9.17, 15) is 4.79 Å². The van der Waals surface area contributed by atoms with Crippen LogP contribution in [-0.4, -0.2) is 11.4 Å². The third kappa shape index (κ3) is 1.97. The molecular weight excluding hydrogens is 204 g/mol. The number of amides is 1. The van der Waals surface area contributed by atoms with Crippen molar-refractivity contribution in [2.75, 3.05) is 0 Å². The molecule has 0 radical (unpaired) electrons. The topological polar surface area (TPSA) is 68.3 Å². The monoisotopic (exact) mass is 222 g/mol. The van der Waals surface area contributed by atoms with Gasteiger partial charge in [-0.15, -0.1) is 0 Å². The number of furan rings is 1. The van der Waals surface area contributed by atoms with Crippen LogP contribution in [-0.2, 0) is 4.79 Å². The zero-order valence-electron chi connectivity index (χ0n) is 9.96. The van der Waals surface area contributed by atoms with Gasteiger partial charge in [0.2, 0.25) is 5.91 Å². The summed E-state index contributed by atoms with van der Waals surface area (Å²) in [4.78, 5) is 11.8. The number of carbonyl (C=O) groups excluding carboxylic acids is 1. The van der Waals surface area contributed by atoms with Crippen molar-refractivity contribution >= 4 is 5.91 Å². The van der Waals surface area contributed by atoms with Crippen LogP contribution in [0.1, 0.15) is 42.9 Å². The Kier molecular flexibility index (Phi) is 2.54. The first-order valence-electron chi connectivity index (χ1n) is 5.59. The molecule has 0 aromatic carbocycles. The van der Waals surface area contributed by atoms with Crippen LogP contribution in [0.25, 0.3) is 0 Å². The van der Waals surface area contributed by atoms with Crippen LogP contribution in [0.5, 0.6) is 0 Å². The molecule has 1 atom stereocenters. The van der Waals surface area contributed by atoms with Crippen molar-refractivity contribution in [3.63, 3.8) is 0 Å². The molecule has 0 bridgehead atoms. The van der Waals surface area contributed by atoms with Crippen molar-refractivity contribution in [3.05, 3.63) is 23.2 Å². The van der Waals surface area contributed by atoms with Gasteiger partial charge in [0.1, 0.15) is 11.5 Å². The smallest absolute Gasteiger partial charge is 0.240 e. The van der Waals surface area contributed by atoms with Crippen molar-refractivity contribution in [1.29, 1.82) is 0 Å². The summed E-state index contributed by atoms with van der Waals surface area (Å²) in [6, 6.07) is 1.90. The number of hydrogen-bond donors (Lipinski definition) is 2. The van der Waals surface area contributed by atoms with Gasteiger partial charge in [0.05, 0.1) is 11.6 Å². The van der Waals surface area contributed by atoms with Gasteiger partial charge >= 0.3 is 0 Å². The van der Waals surface area contributed by atoms with E-state index in [1.165, 1.54) is 0 Å². The van der Waals surface area contributed by atoms with Gasteiger partial charge in [-0.1, -0.05) is 0 Å². The van der Waals surface area contributed by atoms with Crippen LogP contribution in [0.3, 0.4) is 0 Å². The maximum Gasteiger partial charge on any atom is 0.240 e.